The van der Waals surface area contributed by atoms with Crippen LogP contribution in [0.2, 0.25) is 0 Å². The number of ether oxygens (including phenoxy) is 2. The standard InChI is InChI=1S/C22H23N3O6/c1-4-30-22(29)20-13(2)21(24-14(20)3)18(27)12-31-19(28)9-10-25-16-8-6-5-7-15(16)17(26)11-23-25/h5-8,11,24H,4,9-10,12H2,1-3H3. The maximum Gasteiger partial charge on any atom is 0.340 e. The molecule has 2 aromatic heterocycles. The van der Waals surface area contributed by atoms with Crippen molar-refractivity contribution in [3.63, 3.8) is 0 Å². The fourth-order valence-corrected chi connectivity index (χ4v) is 3.36. The first-order chi connectivity index (χ1) is 14.8. The van der Waals surface area contributed by atoms with Gasteiger partial charge in [0.25, 0.3) is 0 Å². The number of esters is 2. The zero-order valence-electron chi connectivity index (χ0n) is 17.6. The number of aryl methyl sites for hydroxylation is 2. The Morgan fingerprint density at radius 1 is 1.13 bits per heavy atom. The van der Waals surface area contributed by atoms with Gasteiger partial charge in [-0.05, 0) is 38.5 Å². The second kappa shape index (κ2) is 9.38. The number of hydrogen-bond acceptors (Lipinski definition) is 7. The summed E-state index contributed by atoms with van der Waals surface area (Å²) >= 11 is 0. The van der Waals surface area contributed by atoms with Crippen LogP contribution in [0.25, 0.3) is 10.9 Å². The monoisotopic (exact) mass is 425 g/mol. The van der Waals surface area contributed by atoms with E-state index in [4.69, 9.17) is 9.47 Å². The second-order valence-corrected chi connectivity index (χ2v) is 6.93. The Kier molecular flexibility index (Phi) is 6.64. The van der Waals surface area contributed by atoms with Crippen LogP contribution in [0, 0.1) is 13.8 Å². The number of rotatable bonds is 8. The molecule has 1 N–H and O–H groups in total. The molecule has 162 valence electrons. The number of nitrogens with zero attached hydrogens (tertiary/aromatic N) is 2. The Hall–Kier alpha value is -3.75. The van der Waals surface area contributed by atoms with E-state index in [2.05, 4.69) is 10.1 Å². The molecule has 3 aromatic rings. The molecule has 0 saturated heterocycles. The minimum absolute atomic E-state index is 0.0239. The van der Waals surface area contributed by atoms with E-state index in [1.165, 1.54) is 6.20 Å². The molecule has 0 unspecified atom stereocenters. The van der Waals surface area contributed by atoms with Crippen LogP contribution in [-0.4, -0.2) is 45.7 Å². The van der Waals surface area contributed by atoms with Gasteiger partial charge in [0.2, 0.25) is 11.2 Å². The van der Waals surface area contributed by atoms with Gasteiger partial charge in [-0.15, -0.1) is 0 Å². The van der Waals surface area contributed by atoms with Crippen LogP contribution < -0.4 is 5.43 Å². The number of para-hydroxylation sites is 1. The Morgan fingerprint density at radius 2 is 1.87 bits per heavy atom. The molecule has 0 bridgehead atoms. The van der Waals surface area contributed by atoms with Crippen molar-refractivity contribution in [2.75, 3.05) is 13.2 Å². The number of ketones is 1. The van der Waals surface area contributed by atoms with Crippen molar-refractivity contribution in [1.82, 2.24) is 14.8 Å². The van der Waals surface area contributed by atoms with Gasteiger partial charge in [0.05, 0.1) is 42.5 Å². The van der Waals surface area contributed by atoms with Crippen LogP contribution in [0.15, 0.2) is 35.3 Å². The van der Waals surface area contributed by atoms with E-state index >= 15 is 0 Å². The number of aromatic amines is 1. The van der Waals surface area contributed by atoms with Crippen LogP contribution in [0.5, 0.6) is 0 Å². The van der Waals surface area contributed by atoms with Crippen LogP contribution in [0.4, 0.5) is 0 Å². The number of nitrogens with one attached hydrogen (secondary N) is 1. The van der Waals surface area contributed by atoms with Gasteiger partial charge in [-0.25, -0.2) is 4.79 Å². The highest BCUT2D eigenvalue weighted by molar-refractivity contribution is 6.02. The molecular weight excluding hydrogens is 402 g/mol. The second-order valence-electron chi connectivity index (χ2n) is 6.93. The normalized spacial score (nSPS) is 10.8. The van der Waals surface area contributed by atoms with Crippen molar-refractivity contribution in [2.45, 2.75) is 33.7 Å². The van der Waals surface area contributed by atoms with E-state index < -0.39 is 24.3 Å². The third-order valence-corrected chi connectivity index (χ3v) is 4.85. The predicted octanol–water partition coefficient (Wildman–Crippen LogP) is 2.33. The highest BCUT2D eigenvalue weighted by Gasteiger charge is 2.23. The number of Topliss-reactive ketones (excluding diaryl/α,β-unsaturated/α-hetero) is 1. The van der Waals surface area contributed by atoms with Gasteiger partial charge < -0.3 is 14.5 Å². The summed E-state index contributed by atoms with van der Waals surface area (Å²) in [4.78, 5) is 51.4. The predicted molar refractivity (Wildman–Crippen MR) is 112 cm³/mol. The van der Waals surface area contributed by atoms with Gasteiger partial charge in [-0.2, -0.15) is 5.10 Å². The van der Waals surface area contributed by atoms with Gasteiger partial charge >= 0.3 is 11.9 Å². The smallest absolute Gasteiger partial charge is 0.340 e. The average Bonchev–Trinajstić information content (AvgIpc) is 3.06. The molecule has 1 aromatic carbocycles. The lowest BCUT2D eigenvalue weighted by atomic mass is 10.1. The SMILES string of the molecule is CCOC(=O)c1c(C)[nH]c(C(=O)COC(=O)CCn2ncc(=O)c3ccccc32)c1C. The van der Waals surface area contributed by atoms with Gasteiger partial charge in [0, 0.05) is 11.1 Å². The summed E-state index contributed by atoms with van der Waals surface area (Å²) in [6.07, 6.45) is 1.18. The fourth-order valence-electron chi connectivity index (χ4n) is 3.36. The number of H-pyrrole nitrogens is 1. The number of fused-ring (bicyclic) bond motifs is 1. The first-order valence-electron chi connectivity index (χ1n) is 9.83. The zero-order valence-corrected chi connectivity index (χ0v) is 17.6. The van der Waals surface area contributed by atoms with Crippen LogP contribution in [0.1, 0.15) is 45.4 Å². The minimum atomic E-state index is -0.579. The molecule has 9 nitrogen and oxygen atoms in total. The molecule has 0 atom stereocenters. The summed E-state index contributed by atoms with van der Waals surface area (Å²) < 4.78 is 11.7. The topological polar surface area (TPSA) is 120 Å². The van der Waals surface area contributed by atoms with Crippen molar-refractivity contribution in [3.05, 3.63) is 63.2 Å². The van der Waals surface area contributed by atoms with Gasteiger partial charge in [0.15, 0.2) is 6.61 Å². The lowest BCUT2D eigenvalue weighted by Crippen LogP contribution is -2.18. The van der Waals surface area contributed by atoms with Crippen molar-refractivity contribution >= 4 is 28.6 Å². The quantitative estimate of drug-likeness (QED) is 0.434. The third-order valence-electron chi connectivity index (χ3n) is 4.85. The molecule has 0 aliphatic heterocycles. The lowest BCUT2D eigenvalue weighted by Gasteiger charge is -2.09. The van der Waals surface area contributed by atoms with Gasteiger partial charge in [0.1, 0.15) is 0 Å². The van der Waals surface area contributed by atoms with Gasteiger partial charge in [-0.1, -0.05) is 12.1 Å². The molecule has 3 rings (SSSR count). The van der Waals surface area contributed by atoms with E-state index in [1.807, 2.05) is 0 Å². The summed E-state index contributed by atoms with van der Waals surface area (Å²) in [5, 5.41) is 4.57. The highest BCUT2D eigenvalue weighted by atomic mass is 16.5. The van der Waals surface area contributed by atoms with E-state index in [-0.39, 0.29) is 30.7 Å². The molecule has 0 fully saturated rings. The summed E-state index contributed by atoms with van der Waals surface area (Å²) in [5.74, 6) is -1.54. The van der Waals surface area contributed by atoms with Crippen LogP contribution >= 0.6 is 0 Å². The molecule has 0 radical (unpaired) electrons. The molecule has 0 aliphatic carbocycles. The summed E-state index contributed by atoms with van der Waals surface area (Å²) in [6, 6.07) is 6.97. The molecule has 0 saturated carbocycles. The van der Waals surface area contributed by atoms with Crippen molar-refractivity contribution < 1.29 is 23.9 Å². The molecule has 0 spiro atoms. The molecule has 0 amide bonds. The van der Waals surface area contributed by atoms with Crippen molar-refractivity contribution in [2.24, 2.45) is 0 Å². The number of aromatic nitrogens is 3. The Morgan fingerprint density at radius 3 is 2.61 bits per heavy atom. The fraction of sp³-hybridized carbons (Fsp3) is 0.318. The molecular formula is C22H23N3O6. The maximum absolute atomic E-state index is 12.5. The van der Waals surface area contributed by atoms with Crippen molar-refractivity contribution in [1.29, 1.82) is 0 Å². The Labute approximate surface area is 178 Å². The number of hydrogen-bond donors (Lipinski definition) is 1. The van der Waals surface area contributed by atoms with Crippen LogP contribution in [-0.2, 0) is 20.8 Å². The van der Waals surface area contributed by atoms with Gasteiger partial charge in [-0.3, -0.25) is 19.1 Å². The molecule has 0 aliphatic rings. The van der Waals surface area contributed by atoms with E-state index in [9.17, 15) is 19.2 Å². The number of carbonyl (C=O) groups excluding carboxylic acids is 3. The lowest BCUT2D eigenvalue weighted by molar-refractivity contribution is -0.142. The molecule has 31 heavy (non-hydrogen) atoms. The first-order valence-corrected chi connectivity index (χ1v) is 9.83. The van der Waals surface area contributed by atoms with Crippen LogP contribution in [0.3, 0.4) is 0 Å². The highest BCUT2D eigenvalue weighted by Crippen LogP contribution is 2.19. The largest absolute Gasteiger partial charge is 0.462 e. The summed E-state index contributed by atoms with van der Waals surface area (Å²) in [7, 11) is 0. The molecule has 2 heterocycles. The van der Waals surface area contributed by atoms with E-state index in [1.54, 1.807) is 49.7 Å². The zero-order chi connectivity index (χ0) is 22.5. The summed E-state index contributed by atoms with van der Waals surface area (Å²) in [6.45, 7) is 4.97. The molecule has 9 heteroatoms. The summed E-state index contributed by atoms with van der Waals surface area (Å²) in [5.41, 5.74) is 1.92. The van der Waals surface area contributed by atoms with Crippen molar-refractivity contribution in [3.8, 4) is 0 Å². The number of carbonyl (C=O) groups is 3. The first kappa shape index (κ1) is 21.9. The van der Waals surface area contributed by atoms with E-state index in [0.717, 1.165) is 0 Å². The minimum Gasteiger partial charge on any atom is -0.462 e. The number of benzene rings is 1. The third kappa shape index (κ3) is 4.71. The van der Waals surface area contributed by atoms with E-state index in [0.29, 0.717) is 27.7 Å². The average molecular weight is 425 g/mol. The Balaban J connectivity index is 1.61. The maximum atomic E-state index is 12.5. The Bertz CT molecular complexity index is 1210.